The number of benzene rings is 1. The SMILES string of the molecule is CCC(=O)CCCCCCc1ncc(-c2ccc3c(ccc(=O)n3C)c2)o1. The Morgan fingerprint density at radius 1 is 1.11 bits per heavy atom. The Morgan fingerprint density at radius 2 is 1.93 bits per heavy atom. The van der Waals surface area contributed by atoms with Crippen molar-refractivity contribution in [2.45, 2.75) is 51.9 Å². The third kappa shape index (κ3) is 4.73. The molecule has 3 aromatic rings. The minimum atomic E-state index is -0.0174. The zero-order chi connectivity index (χ0) is 19.2. The molecule has 142 valence electrons. The Kier molecular flexibility index (Phi) is 6.22. The van der Waals surface area contributed by atoms with Crippen molar-refractivity contribution in [1.29, 1.82) is 0 Å². The van der Waals surface area contributed by atoms with Gasteiger partial charge in [0.1, 0.15) is 5.78 Å². The molecular weight excluding hydrogens is 340 g/mol. The second kappa shape index (κ2) is 8.80. The molecule has 2 aromatic heterocycles. The van der Waals surface area contributed by atoms with Crippen molar-refractivity contribution in [1.82, 2.24) is 9.55 Å². The van der Waals surface area contributed by atoms with Crippen LogP contribution >= 0.6 is 0 Å². The van der Waals surface area contributed by atoms with E-state index < -0.39 is 0 Å². The number of rotatable bonds is 9. The van der Waals surface area contributed by atoms with E-state index in [4.69, 9.17) is 4.42 Å². The summed E-state index contributed by atoms with van der Waals surface area (Å²) in [5.74, 6) is 1.84. The summed E-state index contributed by atoms with van der Waals surface area (Å²) in [6, 6.07) is 9.32. The largest absolute Gasteiger partial charge is 0.441 e. The number of Topliss-reactive ketones (excluding diaryl/α,β-unsaturated/α-hetero) is 1. The molecule has 0 fully saturated rings. The van der Waals surface area contributed by atoms with Crippen LogP contribution in [0, 0.1) is 0 Å². The van der Waals surface area contributed by atoms with E-state index in [1.165, 1.54) is 0 Å². The molecule has 0 atom stereocenters. The number of aryl methyl sites for hydroxylation is 2. The predicted octanol–water partition coefficient (Wildman–Crippen LogP) is 4.67. The summed E-state index contributed by atoms with van der Waals surface area (Å²) in [5.41, 5.74) is 1.83. The van der Waals surface area contributed by atoms with Crippen LogP contribution in [0.2, 0.25) is 0 Å². The van der Waals surface area contributed by atoms with Gasteiger partial charge in [-0.25, -0.2) is 4.98 Å². The maximum atomic E-state index is 11.7. The fourth-order valence-electron chi connectivity index (χ4n) is 3.23. The van der Waals surface area contributed by atoms with E-state index in [1.54, 1.807) is 23.9 Å². The van der Waals surface area contributed by atoms with Crippen LogP contribution in [0.4, 0.5) is 0 Å². The lowest BCUT2D eigenvalue weighted by atomic mass is 10.1. The summed E-state index contributed by atoms with van der Waals surface area (Å²) in [6.45, 7) is 1.92. The van der Waals surface area contributed by atoms with E-state index in [9.17, 15) is 9.59 Å². The van der Waals surface area contributed by atoms with Crippen LogP contribution in [0.15, 0.2) is 45.7 Å². The Balaban J connectivity index is 1.57. The van der Waals surface area contributed by atoms with E-state index in [1.807, 2.05) is 31.2 Å². The fraction of sp³-hybridized carbons (Fsp3) is 0.409. The summed E-state index contributed by atoms with van der Waals surface area (Å²) in [4.78, 5) is 27.4. The maximum Gasteiger partial charge on any atom is 0.250 e. The van der Waals surface area contributed by atoms with Gasteiger partial charge >= 0.3 is 0 Å². The number of fused-ring (bicyclic) bond motifs is 1. The maximum absolute atomic E-state index is 11.7. The predicted molar refractivity (Wildman–Crippen MR) is 107 cm³/mol. The van der Waals surface area contributed by atoms with Crippen molar-refractivity contribution < 1.29 is 9.21 Å². The van der Waals surface area contributed by atoms with Crippen molar-refractivity contribution in [2.75, 3.05) is 0 Å². The minimum Gasteiger partial charge on any atom is -0.441 e. The molecule has 0 aliphatic heterocycles. The monoisotopic (exact) mass is 366 g/mol. The van der Waals surface area contributed by atoms with Crippen molar-refractivity contribution in [3.8, 4) is 11.3 Å². The molecule has 0 bridgehead atoms. The van der Waals surface area contributed by atoms with Crippen LogP contribution < -0.4 is 5.56 Å². The molecule has 2 heterocycles. The molecule has 0 spiro atoms. The average molecular weight is 366 g/mol. The van der Waals surface area contributed by atoms with Crippen LogP contribution in [0.5, 0.6) is 0 Å². The number of ketones is 1. The molecule has 5 heteroatoms. The summed E-state index contributed by atoms with van der Waals surface area (Å²) >= 11 is 0. The van der Waals surface area contributed by atoms with Crippen LogP contribution in [-0.4, -0.2) is 15.3 Å². The number of carbonyl (C=O) groups is 1. The highest BCUT2D eigenvalue weighted by molar-refractivity contribution is 5.83. The van der Waals surface area contributed by atoms with E-state index in [2.05, 4.69) is 4.98 Å². The standard InChI is InChI=1S/C22H26N2O3/c1-3-18(25)8-6-4-5-7-9-21-23-15-20(27-21)17-10-12-19-16(14-17)11-13-22(26)24(19)2/h10-15H,3-9H2,1-2H3. The van der Waals surface area contributed by atoms with E-state index in [-0.39, 0.29) is 5.56 Å². The summed E-state index contributed by atoms with van der Waals surface area (Å²) in [5, 5.41) is 0.995. The van der Waals surface area contributed by atoms with Gasteiger partial charge in [-0.3, -0.25) is 9.59 Å². The summed E-state index contributed by atoms with van der Waals surface area (Å²) in [7, 11) is 1.77. The first kappa shape index (κ1) is 19.1. The Morgan fingerprint density at radius 3 is 2.74 bits per heavy atom. The van der Waals surface area contributed by atoms with Gasteiger partial charge in [-0.15, -0.1) is 0 Å². The average Bonchev–Trinajstić information content (AvgIpc) is 3.16. The molecule has 0 saturated carbocycles. The van der Waals surface area contributed by atoms with Gasteiger partial charge in [0.2, 0.25) is 0 Å². The fourth-order valence-corrected chi connectivity index (χ4v) is 3.23. The van der Waals surface area contributed by atoms with Gasteiger partial charge in [-0.2, -0.15) is 0 Å². The van der Waals surface area contributed by atoms with Crippen LogP contribution in [-0.2, 0) is 18.3 Å². The molecule has 1 aromatic carbocycles. The molecule has 0 unspecified atom stereocenters. The number of pyridine rings is 1. The molecule has 0 aliphatic rings. The molecule has 3 rings (SSSR count). The van der Waals surface area contributed by atoms with E-state index in [0.717, 1.165) is 60.2 Å². The first-order valence-corrected chi connectivity index (χ1v) is 9.65. The Labute approximate surface area is 159 Å². The number of hydrogen-bond donors (Lipinski definition) is 0. The number of aromatic nitrogens is 2. The van der Waals surface area contributed by atoms with Gasteiger partial charge in [0.15, 0.2) is 11.7 Å². The molecule has 0 N–H and O–H groups in total. The molecule has 0 aliphatic carbocycles. The molecular formula is C22H26N2O3. The highest BCUT2D eigenvalue weighted by atomic mass is 16.4. The van der Waals surface area contributed by atoms with Crippen LogP contribution in [0.3, 0.4) is 0 Å². The van der Waals surface area contributed by atoms with Gasteiger partial charge < -0.3 is 8.98 Å². The topological polar surface area (TPSA) is 65.1 Å². The molecule has 0 saturated heterocycles. The van der Waals surface area contributed by atoms with Gasteiger partial charge in [-0.05, 0) is 42.5 Å². The molecule has 0 radical (unpaired) electrons. The lowest BCUT2D eigenvalue weighted by Gasteiger charge is -2.05. The highest BCUT2D eigenvalue weighted by Crippen LogP contribution is 2.25. The number of oxazole rings is 1. The van der Waals surface area contributed by atoms with Gasteiger partial charge in [-0.1, -0.05) is 19.8 Å². The summed E-state index contributed by atoms with van der Waals surface area (Å²) in [6.07, 6.45) is 8.06. The van der Waals surface area contributed by atoms with Crippen molar-refractivity contribution in [3.05, 3.63) is 52.8 Å². The van der Waals surface area contributed by atoms with Gasteiger partial charge in [0.05, 0.1) is 11.7 Å². The number of hydrogen-bond acceptors (Lipinski definition) is 4. The van der Waals surface area contributed by atoms with Crippen LogP contribution in [0.1, 0.15) is 51.3 Å². The van der Waals surface area contributed by atoms with E-state index in [0.29, 0.717) is 18.6 Å². The van der Waals surface area contributed by atoms with Gasteiger partial charge in [0, 0.05) is 37.9 Å². The lowest BCUT2D eigenvalue weighted by molar-refractivity contribution is -0.118. The van der Waals surface area contributed by atoms with Crippen molar-refractivity contribution >= 4 is 16.7 Å². The van der Waals surface area contributed by atoms with Crippen LogP contribution in [0.25, 0.3) is 22.2 Å². The molecule has 5 nitrogen and oxygen atoms in total. The second-order valence-corrected chi connectivity index (χ2v) is 6.93. The Bertz CT molecular complexity index is 985. The summed E-state index contributed by atoms with van der Waals surface area (Å²) < 4.78 is 7.54. The first-order valence-electron chi connectivity index (χ1n) is 9.65. The first-order chi connectivity index (χ1) is 13.1. The Hall–Kier alpha value is -2.69. The molecule has 27 heavy (non-hydrogen) atoms. The van der Waals surface area contributed by atoms with Crippen molar-refractivity contribution in [3.63, 3.8) is 0 Å². The number of nitrogens with zero attached hydrogens (tertiary/aromatic N) is 2. The highest BCUT2D eigenvalue weighted by Gasteiger charge is 2.08. The third-order valence-electron chi connectivity index (χ3n) is 4.95. The third-order valence-corrected chi connectivity index (χ3v) is 4.95. The zero-order valence-electron chi connectivity index (χ0n) is 16.0. The van der Waals surface area contributed by atoms with Crippen molar-refractivity contribution in [2.24, 2.45) is 7.05 Å². The number of carbonyl (C=O) groups excluding carboxylic acids is 1. The lowest BCUT2D eigenvalue weighted by Crippen LogP contribution is -2.14. The smallest absolute Gasteiger partial charge is 0.250 e. The molecule has 0 amide bonds. The zero-order valence-corrected chi connectivity index (χ0v) is 16.0. The number of unbranched alkanes of at least 4 members (excludes halogenated alkanes) is 3. The normalized spacial score (nSPS) is 11.2. The van der Waals surface area contributed by atoms with Gasteiger partial charge in [0.25, 0.3) is 5.56 Å². The second-order valence-electron chi connectivity index (χ2n) is 6.93. The minimum absolute atomic E-state index is 0.0174. The quantitative estimate of drug-likeness (QED) is 0.516. The van der Waals surface area contributed by atoms with E-state index >= 15 is 0 Å².